The first-order valence-corrected chi connectivity index (χ1v) is 8.38. The summed E-state index contributed by atoms with van der Waals surface area (Å²) in [5.74, 6) is 0. The molecule has 0 spiro atoms. The SMILES string of the molecule is C=CCN(CCC)S(=O)(=O)c1cc(CN)ccc1CC. The Morgan fingerprint density at radius 3 is 2.55 bits per heavy atom. The van der Waals surface area contributed by atoms with Gasteiger partial charge in [-0.25, -0.2) is 8.42 Å². The maximum Gasteiger partial charge on any atom is 0.243 e. The van der Waals surface area contributed by atoms with E-state index in [1.54, 1.807) is 12.1 Å². The lowest BCUT2D eigenvalue weighted by molar-refractivity contribution is 0.441. The van der Waals surface area contributed by atoms with Crippen LogP contribution < -0.4 is 5.73 Å². The van der Waals surface area contributed by atoms with Crippen LogP contribution in [0.3, 0.4) is 0 Å². The van der Waals surface area contributed by atoms with Crippen LogP contribution in [-0.4, -0.2) is 25.8 Å². The number of nitrogens with zero attached hydrogens (tertiary/aromatic N) is 1. The number of hydrogen-bond acceptors (Lipinski definition) is 3. The minimum atomic E-state index is -3.49. The first kappa shape index (κ1) is 16.9. The highest BCUT2D eigenvalue weighted by atomic mass is 32.2. The molecule has 5 heteroatoms. The van der Waals surface area contributed by atoms with Crippen molar-refractivity contribution in [3.8, 4) is 0 Å². The molecule has 1 rings (SSSR count). The van der Waals surface area contributed by atoms with Crippen LogP contribution in [0.25, 0.3) is 0 Å². The van der Waals surface area contributed by atoms with Gasteiger partial charge in [0, 0.05) is 19.6 Å². The minimum Gasteiger partial charge on any atom is -0.326 e. The Balaban J connectivity index is 3.34. The highest BCUT2D eigenvalue weighted by Gasteiger charge is 2.25. The lowest BCUT2D eigenvalue weighted by Crippen LogP contribution is -2.32. The Bertz CT molecular complexity index is 553. The van der Waals surface area contributed by atoms with Gasteiger partial charge >= 0.3 is 0 Å². The second kappa shape index (κ2) is 7.57. The van der Waals surface area contributed by atoms with Crippen molar-refractivity contribution < 1.29 is 8.42 Å². The Labute approximate surface area is 122 Å². The average molecular weight is 296 g/mol. The van der Waals surface area contributed by atoms with E-state index in [9.17, 15) is 8.42 Å². The molecule has 0 aliphatic heterocycles. The van der Waals surface area contributed by atoms with E-state index in [0.29, 0.717) is 31.0 Å². The molecular weight excluding hydrogens is 272 g/mol. The Morgan fingerprint density at radius 2 is 2.05 bits per heavy atom. The fourth-order valence-electron chi connectivity index (χ4n) is 2.10. The maximum absolute atomic E-state index is 12.8. The predicted octanol–water partition coefficient (Wildman–Crippen LogP) is 2.29. The fraction of sp³-hybridized carbons (Fsp3) is 0.467. The third kappa shape index (κ3) is 3.69. The van der Waals surface area contributed by atoms with Crippen molar-refractivity contribution in [2.45, 2.75) is 38.1 Å². The summed E-state index contributed by atoms with van der Waals surface area (Å²) in [5.41, 5.74) is 7.28. The molecule has 0 bridgehead atoms. The summed E-state index contributed by atoms with van der Waals surface area (Å²) in [5, 5.41) is 0. The van der Waals surface area contributed by atoms with E-state index in [2.05, 4.69) is 6.58 Å². The second-order valence-electron chi connectivity index (χ2n) is 4.65. The van der Waals surface area contributed by atoms with E-state index in [1.165, 1.54) is 4.31 Å². The van der Waals surface area contributed by atoms with Gasteiger partial charge in [-0.15, -0.1) is 6.58 Å². The fourth-order valence-corrected chi connectivity index (χ4v) is 3.95. The Hall–Kier alpha value is -1.17. The molecule has 0 aliphatic carbocycles. The van der Waals surface area contributed by atoms with Gasteiger partial charge in [-0.05, 0) is 30.0 Å². The normalized spacial score (nSPS) is 11.8. The summed E-state index contributed by atoms with van der Waals surface area (Å²) in [4.78, 5) is 0.373. The molecule has 0 aromatic heterocycles. The van der Waals surface area contributed by atoms with Gasteiger partial charge in [0.15, 0.2) is 0 Å². The summed E-state index contributed by atoms with van der Waals surface area (Å²) in [6.45, 7) is 8.70. The number of rotatable bonds is 8. The van der Waals surface area contributed by atoms with E-state index in [-0.39, 0.29) is 0 Å². The zero-order chi connectivity index (χ0) is 15.2. The number of nitrogens with two attached hydrogens (primary N) is 1. The van der Waals surface area contributed by atoms with E-state index in [4.69, 9.17) is 5.73 Å². The number of benzene rings is 1. The van der Waals surface area contributed by atoms with Gasteiger partial charge in [0.25, 0.3) is 0 Å². The van der Waals surface area contributed by atoms with Crippen LogP contribution >= 0.6 is 0 Å². The molecule has 1 aromatic rings. The highest BCUT2D eigenvalue weighted by Crippen LogP contribution is 2.22. The smallest absolute Gasteiger partial charge is 0.243 e. The van der Waals surface area contributed by atoms with Crippen LogP contribution in [0.15, 0.2) is 35.7 Å². The third-order valence-corrected chi connectivity index (χ3v) is 5.12. The second-order valence-corrected chi connectivity index (χ2v) is 6.56. The Morgan fingerprint density at radius 1 is 1.35 bits per heavy atom. The van der Waals surface area contributed by atoms with Gasteiger partial charge in [0.05, 0.1) is 4.90 Å². The van der Waals surface area contributed by atoms with E-state index in [1.807, 2.05) is 26.0 Å². The van der Waals surface area contributed by atoms with E-state index >= 15 is 0 Å². The van der Waals surface area contributed by atoms with Crippen molar-refractivity contribution >= 4 is 10.0 Å². The predicted molar refractivity (Wildman–Crippen MR) is 83.0 cm³/mol. The summed E-state index contributed by atoms with van der Waals surface area (Å²) < 4.78 is 27.1. The van der Waals surface area contributed by atoms with Crippen molar-refractivity contribution in [3.05, 3.63) is 42.0 Å². The number of sulfonamides is 1. The quantitative estimate of drug-likeness (QED) is 0.749. The summed E-state index contributed by atoms with van der Waals surface area (Å²) >= 11 is 0. The van der Waals surface area contributed by atoms with Crippen LogP contribution in [-0.2, 0) is 23.0 Å². The standard InChI is InChI=1S/C15H24N2O2S/c1-4-9-17(10-5-2)20(18,19)15-11-13(12-16)7-8-14(15)6-3/h4,7-8,11H,1,5-6,9-10,12,16H2,2-3H3. The van der Waals surface area contributed by atoms with Crippen LogP contribution in [0.2, 0.25) is 0 Å². The van der Waals surface area contributed by atoms with E-state index < -0.39 is 10.0 Å². The van der Waals surface area contributed by atoms with Crippen molar-refractivity contribution in [3.63, 3.8) is 0 Å². The molecule has 0 amide bonds. The highest BCUT2D eigenvalue weighted by molar-refractivity contribution is 7.89. The topological polar surface area (TPSA) is 63.4 Å². The van der Waals surface area contributed by atoms with Crippen LogP contribution in [0.5, 0.6) is 0 Å². The van der Waals surface area contributed by atoms with Crippen LogP contribution in [0, 0.1) is 0 Å². The summed E-state index contributed by atoms with van der Waals surface area (Å²) in [6.07, 6.45) is 3.06. The molecule has 4 nitrogen and oxygen atoms in total. The lowest BCUT2D eigenvalue weighted by atomic mass is 10.1. The zero-order valence-electron chi connectivity index (χ0n) is 12.3. The first-order valence-electron chi connectivity index (χ1n) is 6.94. The summed E-state index contributed by atoms with van der Waals surface area (Å²) in [6, 6.07) is 5.43. The zero-order valence-corrected chi connectivity index (χ0v) is 13.1. The van der Waals surface area contributed by atoms with E-state index in [0.717, 1.165) is 17.5 Å². The molecule has 0 unspecified atom stereocenters. The van der Waals surface area contributed by atoms with Crippen molar-refractivity contribution in [1.82, 2.24) is 4.31 Å². The van der Waals surface area contributed by atoms with Crippen molar-refractivity contribution in [2.24, 2.45) is 5.73 Å². The largest absolute Gasteiger partial charge is 0.326 e. The molecule has 0 atom stereocenters. The van der Waals surface area contributed by atoms with Gasteiger partial charge in [0.1, 0.15) is 0 Å². The van der Waals surface area contributed by atoms with Crippen LogP contribution in [0.4, 0.5) is 0 Å². The molecule has 0 heterocycles. The summed E-state index contributed by atoms with van der Waals surface area (Å²) in [7, 11) is -3.49. The van der Waals surface area contributed by atoms with Gasteiger partial charge in [-0.1, -0.05) is 32.1 Å². The average Bonchev–Trinajstić information content (AvgIpc) is 2.46. The van der Waals surface area contributed by atoms with Gasteiger partial charge < -0.3 is 5.73 Å². The lowest BCUT2D eigenvalue weighted by Gasteiger charge is -2.22. The molecule has 0 radical (unpaired) electrons. The first-order chi connectivity index (χ1) is 9.51. The van der Waals surface area contributed by atoms with Crippen LogP contribution in [0.1, 0.15) is 31.4 Å². The molecule has 0 saturated heterocycles. The van der Waals surface area contributed by atoms with Gasteiger partial charge in [-0.3, -0.25) is 0 Å². The van der Waals surface area contributed by atoms with Crippen molar-refractivity contribution in [1.29, 1.82) is 0 Å². The third-order valence-electron chi connectivity index (χ3n) is 3.17. The molecule has 1 aromatic carbocycles. The maximum atomic E-state index is 12.8. The molecule has 112 valence electrons. The molecule has 0 saturated carbocycles. The Kier molecular flexibility index (Phi) is 6.39. The minimum absolute atomic E-state index is 0.326. The molecular formula is C15H24N2O2S. The van der Waals surface area contributed by atoms with Crippen molar-refractivity contribution in [2.75, 3.05) is 13.1 Å². The monoisotopic (exact) mass is 296 g/mol. The van der Waals surface area contributed by atoms with Gasteiger partial charge in [0.2, 0.25) is 10.0 Å². The molecule has 20 heavy (non-hydrogen) atoms. The molecule has 0 fully saturated rings. The number of hydrogen-bond donors (Lipinski definition) is 1. The molecule has 0 aliphatic rings. The number of aryl methyl sites for hydroxylation is 1. The molecule has 2 N–H and O–H groups in total. The van der Waals surface area contributed by atoms with Gasteiger partial charge in [-0.2, -0.15) is 4.31 Å².